The first-order valence-corrected chi connectivity index (χ1v) is 15.6. The summed E-state index contributed by atoms with van der Waals surface area (Å²) in [4.78, 5) is 4.43. The molecule has 0 saturated heterocycles. The zero-order valence-electron chi connectivity index (χ0n) is 27.5. The van der Waals surface area contributed by atoms with Crippen molar-refractivity contribution in [2.75, 3.05) is 38.2 Å². The minimum absolute atomic E-state index is 0.812. The Labute approximate surface area is 282 Å². The van der Waals surface area contributed by atoms with Crippen molar-refractivity contribution in [3.8, 4) is 23.0 Å². The summed E-state index contributed by atoms with van der Waals surface area (Å²) in [5, 5.41) is 0. The van der Waals surface area contributed by atoms with Crippen molar-refractivity contribution < 1.29 is 18.9 Å². The molecule has 0 unspecified atom stereocenters. The molecule has 0 saturated carbocycles. The second kappa shape index (κ2) is 15.0. The molecule has 6 rings (SSSR count). The number of ether oxygens (including phenoxy) is 4. The third-order valence-corrected chi connectivity index (χ3v) is 8.07. The van der Waals surface area contributed by atoms with E-state index in [1.807, 2.05) is 48.5 Å². The second-order valence-corrected chi connectivity index (χ2v) is 11.0. The van der Waals surface area contributed by atoms with Gasteiger partial charge in [-0.2, -0.15) is 0 Å². The van der Waals surface area contributed by atoms with Crippen LogP contribution in [-0.2, 0) is 0 Å². The van der Waals surface area contributed by atoms with Crippen molar-refractivity contribution in [3.63, 3.8) is 0 Å². The first-order chi connectivity index (χ1) is 23.6. The molecule has 6 nitrogen and oxygen atoms in total. The lowest BCUT2D eigenvalue weighted by atomic mass is 10.1. The van der Waals surface area contributed by atoms with Gasteiger partial charge in [-0.15, -0.1) is 0 Å². The van der Waals surface area contributed by atoms with Crippen LogP contribution in [0.5, 0.6) is 23.0 Å². The van der Waals surface area contributed by atoms with Crippen LogP contribution in [0, 0.1) is 0 Å². The van der Waals surface area contributed by atoms with E-state index in [4.69, 9.17) is 18.9 Å². The van der Waals surface area contributed by atoms with Gasteiger partial charge in [-0.25, -0.2) is 0 Å². The molecule has 0 fully saturated rings. The Bertz CT molecular complexity index is 1840. The first kappa shape index (κ1) is 31.8. The predicted molar refractivity (Wildman–Crippen MR) is 197 cm³/mol. The highest BCUT2D eigenvalue weighted by molar-refractivity contribution is 5.81. The van der Waals surface area contributed by atoms with Gasteiger partial charge >= 0.3 is 0 Å². The Morgan fingerprint density at radius 3 is 1.00 bits per heavy atom. The summed E-state index contributed by atoms with van der Waals surface area (Å²) in [6.45, 7) is 0. The highest BCUT2D eigenvalue weighted by Gasteiger charge is 2.15. The van der Waals surface area contributed by atoms with E-state index in [0.29, 0.717) is 0 Å². The van der Waals surface area contributed by atoms with Gasteiger partial charge in [0.25, 0.3) is 0 Å². The number of hydrogen-bond acceptors (Lipinski definition) is 6. The van der Waals surface area contributed by atoms with E-state index < -0.39 is 0 Å². The van der Waals surface area contributed by atoms with Crippen molar-refractivity contribution in [1.29, 1.82) is 0 Å². The quantitative estimate of drug-likeness (QED) is 0.125. The van der Waals surface area contributed by atoms with Gasteiger partial charge in [0.05, 0.1) is 28.4 Å². The number of anilines is 6. The van der Waals surface area contributed by atoms with E-state index in [1.54, 1.807) is 28.4 Å². The summed E-state index contributed by atoms with van der Waals surface area (Å²) in [5.74, 6) is 3.25. The number of nitrogens with zero attached hydrogens (tertiary/aromatic N) is 2. The van der Waals surface area contributed by atoms with E-state index in [-0.39, 0.29) is 0 Å². The molecular weight excluding hydrogens is 596 g/mol. The lowest BCUT2D eigenvalue weighted by Gasteiger charge is -2.26. The average molecular weight is 635 g/mol. The van der Waals surface area contributed by atoms with Gasteiger partial charge in [0.15, 0.2) is 0 Å². The molecule has 0 aliphatic rings. The van der Waals surface area contributed by atoms with Crippen molar-refractivity contribution >= 4 is 46.3 Å². The minimum Gasteiger partial charge on any atom is -0.497 e. The summed E-state index contributed by atoms with van der Waals surface area (Å²) in [6, 6.07) is 49.3. The average Bonchev–Trinajstić information content (AvgIpc) is 3.16. The Balaban J connectivity index is 1.28. The normalized spacial score (nSPS) is 10.8. The van der Waals surface area contributed by atoms with Crippen LogP contribution in [0.25, 0.3) is 12.2 Å². The van der Waals surface area contributed by atoms with Crippen molar-refractivity contribution in [2.45, 2.75) is 0 Å². The molecule has 6 aromatic carbocycles. The molecule has 0 atom stereocenters. The van der Waals surface area contributed by atoms with Crippen LogP contribution in [0.4, 0.5) is 34.1 Å². The minimum atomic E-state index is 0.812. The third-order valence-electron chi connectivity index (χ3n) is 8.07. The maximum absolute atomic E-state index is 5.41. The number of rotatable bonds is 12. The Kier molecular flexibility index (Phi) is 9.92. The summed E-state index contributed by atoms with van der Waals surface area (Å²) in [5.41, 5.74) is 8.36. The Morgan fingerprint density at radius 1 is 0.333 bits per heavy atom. The molecule has 0 aromatic heterocycles. The SMILES string of the molecule is COc1ccc(N(c2ccc(/C=C/c3cccc(N(c4ccc(OC)cc4)c4ccc(OC)cc4)c3)cc2)c2ccc(OC)cc2)cc1. The molecular formula is C42H38N2O4. The molecule has 0 radical (unpaired) electrons. The van der Waals surface area contributed by atoms with Crippen LogP contribution in [-0.4, -0.2) is 28.4 Å². The maximum atomic E-state index is 5.41. The largest absolute Gasteiger partial charge is 0.497 e. The van der Waals surface area contributed by atoms with Gasteiger partial charge in [0.2, 0.25) is 0 Å². The fraction of sp³-hybridized carbons (Fsp3) is 0.0952. The number of hydrogen-bond donors (Lipinski definition) is 0. The monoisotopic (exact) mass is 634 g/mol. The van der Waals surface area contributed by atoms with Crippen LogP contribution < -0.4 is 28.7 Å². The highest BCUT2D eigenvalue weighted by Crippen LogP contribution is 2.38. The van der Waals surface area contributed by atoms with Crippen LogP contribution in [0.1, 0.15) is 11.1 Å². The van der Waals surface area contributed by atoms with Gasteiger partial charge in [-0.05, 0) is 132 Å². The van der Waals surface area contributed by atoms with Gasteiger partial charge < -0.3 is 28.7 Å². The second-order valence-electron chi connectivity index (χ2n) is 11.0. The molecule has 0 amide bonds. The zero-order chi connectivity index (χ0) is 33.3. The summed E-state index contributed by atoms with van der Waals surface area (Å²) >= 11 is 0. The smallest absolute Gasteiger partial charge is 0.119 e. The van der Waals surface area contributed by atoms with Gasteiger partial charge in [-0.3, -0.25) is 0 Å². The molecule has 0 N–H and O–H groups in total. The van der Waals surface area contributed by atoms with E-state index in [2.05, 4.69) is 119 Å². The topological polar surface area (TPSA) is 43.4 Å². The van der Waals surface area contributed by atoms with Gasteiger partial charge in [0.1, 0.15) is 23.0 Å². The van der Waals surface area contributed by atoms with Crippen molar-refractivity contribution in [2.24, 2.45) is 0 Å². The van der Waals surface area contributed by atoms with Crippen LogP contribution >= 0.6 is 0 Å². The molecule has 48 heavy (non-hydrogen) atoms. The van der Waals surface area contributed by atoms with Gasteiger partial charge in [0, 0.05) is 34.1 Å². The Hall–Kier alpha value is -6.14. The van der Waals surface area contributed by atoms with E-state index in [0.717, 1.165) is 68.2 Å². The van der Waals surface area contributed by atoms with Crippen LogP contribution in [0.3, 0.4) is 0 Å². The molecule has 240 valence electrons. The fourth-order valence-electron chi connectivity index (χ4n) is 5.51. The maximum Gasteiger partial charge on any atom is 0.119 e. The van der Waals surface area contributed by atoms with E-state index in [1.165, 1.54) is 0 Å². The third kappa shape index (κ3) is 7.29. The van der Waals surface area contributed by atoms with Crippen molar-refractivity contribution in [1.82, 2.24) is 0 Å². The molecule has 6 aromatic rings. The summed E-state index contributed by atoms with van der Waals surface area (Å²) in [6.07, 6.45) is 4.28. The summed E-state index contributed by atoms with van der Waals surface area (Å²) < 4.78 is 21.6. The Morgan fingerprint density at radius 2 is 0.646 bits per heavy atom. The van der Waals surface area contributed by atoms with Gasteiger partial charge in [-0.1, -0.05) is 36.4 Å². The van der Waals surface area contributed by atoms with Crippen LogP contribution in [0.15, 0.2) is 146 Å². The highest BCUT2D eigenvalue weighted by atomic mass is 16.5. The summed E-state index contributed by atoms with van der Waals surface area (Å²) in [7, 11) is 6.71. The predicted octanol–water partition coefficient (Wildman–Crippen LogP) is 10.8. The lowest BCUT2D eigenvalue weighted by Crippen LogP contribution is -2.10. The lowest BCUT2D eigenvalue weighted by molar-refractivity contribution is 0.414. The zero-order valence-corrected chi connectivity index (χ0v) is 27.5. The molecule has 0 aliphatic carbocycles. The standard InChI is InChI=1S/C42H38N2O4/c1-45-39-22-14-34(15-23-39)43(35-16-24-40(46-2)25-17-35)33-12-10-31(11-13-33)8-9-32-6-5-7-38(30-32)44(36-18-26-41(47-3)27-19-36)37-20-28-42(48-4)29-21-37/h5-30H,1-4H3/b9-8+. The molecule has 6 heteroatoms. The molecule has 0 spiro atoms. The number of methoxy groups -OCH3 is 4. The first-order valence-electron chi connectivity index (χ1n) is 15.6. The van der Waals surface area contributed by atoms with Crippen LogP contribution in [0.2, 0.25) is 0 Å². The molecule has 0 aliphatic heterocycles. The van der Waals surface area contributed by atoms with Crippen molar-refractivity contribution in [3.05, 3.63) is 157 Å². The number of benzene rings is 6. The molecule has 0 bridgehead atoms. The van der Waals surface area contributed by atoms with E-state index >= 15 is 0 Å². The molecule has 0 heterocycles. The van der Waals surface area contributed by atoms with E-state index in [9.17, 15) is 0 Å². The fourth-order valence-corrected chi connectivity index (χ4v) is 5.51.